The van der Waals surface area contributed by atoms with Crippen molar-refractivity contribution in [1.82, 2.24) is 4.90 Å². The van der Waals surface area contributed by atoms with Crippen LogP contribution in [0.25, 0.3) is 0 Å². The van der Waals surface area contributed by atoms with Gasteiger partial charge in [0.2, 0.25) is 5.91 Å². The number of carbonyl (C=O) groups is 2. The lowest BCUT2D eigenvalue weighted by Crippen LogP contribution is -2.32. The highest BCUT2D eigenvalue weighted by Crippen LogP contribution is 2.33. The van der Waals surface area contributed by atoms with Gasteiger partial charge in [-0.2, -0.15) is 0 Å². The molecule has 1 saturated heterocycles. The second-order valence-electron chi connectivity index (χ2n) is 4.40. The monoisotopic (exact) mass is 278 g/mol. The van der Waals surface area contributed by atoms with Crippen LogP contribution in [0.2, 0.25) is 0 Å². The number of nitrogens with one attached hydrogen (secondary N) is 2. The van der Waals surface area contributed by atoms with Crippen LogP contribution in [-0.2, 0) is 9.59 Å². The number of likely N-dealkylation sites (N-methyl/N-ethyl adjacent to an activating group) is 1. The second-order valence-corrected chi connectivity index (χ2v) is 4.40. The number of likely N-dealkylation sites (tertiary alicyclic amines) is 1. The summed E-state index contributed by atoms with van der Waals surface area (Å²) < 4.78 is 0. The van der Waals surface area contributed by atoms with Gasteiger partial charge in [0.05, 0.1) is 11.3 Å². The van der Waals surface area contributed by atoms with Crippen LogP contribution in [0, 0.1) is 10.1 Å². The van der Waals surface area contributed by atoms with E-state index in [1.54, 1.807) is 19.2 Å². The maximum absolute atomic E-state index is 11.8. The average Bonchev–Trinajstić information content (AvgIpc) is 2.65. The number of anilines is 2. The van der Waals surface area contributed by atoms with Crippen molar-refractivity contribution < 1.29 is 14.5 Å². The van der Waals surface area contributed by atoms with E-state index in [0.717, 1.165) is 4.90 Å². The number of carbonyl (C=O) groups excluding carboxylic acids is 2. The Bertz CT molecular complexity index is 587. The molecule has 0 aliphatic carbocycles. The van der Waals surface area contributed by atoms with E-state index in [1.807, 2.05) is 0 Å². The number of hydrogen-bond acceptors (Lipinski definition) is 6. The van der Waals surface area contributed by atoms with Crippen LogP contribution in [0.15, 0.2) is 18.2 Å². The van der Waals surface area contributed by atoms with Gasteiger partial charge in [-0.1, -0.05) is 6.07 Å². The van der Waals surface area contributed by atoms with Gasteiger partial charge in [-0.05, 0) is 12.1 Å². The number of benzene rings is 1. The number of nitro benzene ring substituents is 1. The topological polar surface area (TPSA) is 105 Å². The smallest absolute Gasteiger partial charge is 0.315 e. The highest BCUT2D eigenvalue weighted by molar-refractivity contribution is 6.06. The number of imide groups is 1. The Labute approximate surface area is 114 Å². The zero-order chi connectivity index (χ0) is 14.9. The fourth-order valence-electron chi connectivity index (χ4n) is 2.11. The van der Waals surface area contributed by atoms with Gasteiger partial charge >= 0.3 is 5.69 Å². The summed E-state index contributed by atoms with van der Waals surface area (Å²) in [7, 11) is 2.97. The predicted octanol–water partition coefficient (Wildman–Crippen LogP) is 0.806. The van der Waals surface area contributed by atoms with E-state index in [4.69, 9.17) is 0 Å². The molecule has 2 N–H and O–H groups in total. The Kier molecular flexibility index (Phi) is 3.55. The minimum absolute atomic E-state index is 0.00370. The number of rotatable bonds is 4. The predicted molar refractivity (Wildman–Crippen MR) is 72.4 cm³/mol. The lowest BCUT2D eigenvalue weighted by atomic mass is 10.2. The summed E-state index contributed by atoms with van der Waals surface area (Å²) in [6, 6.07) is 3.94. The maximum atomic E-state index is 11.8. The third-order valence-corrected chi connectivity index (χ3v) is 3.20. The normalized spacial score (nSPS) is 18.3. The summed E-state index contributed by atoms with van der Waals surface area (Å²) in [4.78, 5) is 34.9. The summed E-state index contributed by atoms with van der Waals surface area (Å²) in [5.41, 5.74) is 0.401. The highest BCUT2D eigenvalue weighted by Gasteiger charge is 2.37. The van der Waals surface area contributed by atoms with Crippen LogP contribution in [0.1, 0.15) is 6.42 Å². The highest BCUT2D eigenvalue weighted by atomic mass is 16.6. The van der Waals surface area contributed by atoms with Gasteiger partial charge in [0.1, 0.15) is 17.4 Å². The zero-order valence-corrected chi connectivity index (χ0v) is 11.0. The Balaban J connectivity index is 2.33. The van der Waals surface area contributed by atoms with Crippen LogP contribution >= 0.6 is 0 Å². The van der Waals surface area contributed by atoms with Crippen LogP contribution in [0.4, 0.5) is 17.1 Å². The van der Waals surface area contributed by atoms with Crippen molar-refractivity contribution in [2.45, 2.75) is 12.5 Å². The first kappa shape index (κ1) is 13.8. The van der Waals surface area contributed by atoms with Crippen molar-refractivity contribution in [3.05, 3.63) is 28.3 Å². The van der Waals surface area contributed by atoms with Crippen molar-refractivity contribution in [3.8, 4) is 0 Å². The van der Waals surface area contributed by atoms with E-state index in [9.17, 15) is 19.7 Å². The minimum atomic E-state index is -0.765. The van der Waals surface area contributed by atoms with Crippen molar-refractivity contribution in [2.24, 2.45) is 0 Å². The molecule has 2 rings (SSSR count). The molecule has 8 nitrogen and oxygen atoms in total. The molecule has 2 amide bonds. The molecule has 0 spiro atoms. The van der Waals surface area contributed by atoms with Gasteiger partial charge < -0.3 is 10.6 Å². The molecule has 8 heteroatoms. The maximum Gasteiger partial charge on any atom is 0.315 e. The second kappa shape index (κ2) is 5.16. The Morgan fingerprint density at radius 1 is 1.35 bits per heavy atom. The molecule has 1 atom stereocenters. The molecule has 0 aromatic heterocycles. The van der Waals surface area contributed by atoms with Gasteiger partial charge in [-0.25, -0.2) is 0 Å². The third-order valence-electron chi connectivity index (χ3n) is 3.20. The number of para-hydroxylation sites is 1. The van der Waals surface area contributed by atoms with E-state index in [2.05, 4.69) is 10.6 Å². The third kappa shape index (κ3) is 2.27. The van der Waals surface area contributed by atoms with Crippen LogP contribution in [0.3, 0.4) is 0 Å². The first-order valence-corrected chi connectivity index (χ1v) is 5.97. The molecule has 1 fully saturated rings. The summed E-state index contributed by atoms with van der Waals surface area (Å²) in [5, 5.41) is 16.7. The molecule has 0 radical (unpaired) electrons. The molecule has 1 unspecified atom stereocenters. The Hall–Kier alpha value is -2.64. The average molecular weight is 278 g/mol. The molecule has 1 aromatic carbocycles. The van der Waals surface area contributed by atoms with Crippen molar-refractivity contribution >= 4 is 28.9 Å². The molecule has 0 saturated carbocycles. The molecular weight excluding hydrogens is 264 g/mol. The summed E-state index contributed by atoms with van der Waals surface area (Å²) in [5.74, 6) is -0.695. The quantitative estimate of drug-likeness (QED) is 0.479. The molecule has 0 bridgehead atoms. The molecule has 1 aliphatic rings. The zero-order valence-electron chi connectivity index (χ0n) is 11.0. The lowest BCUT2D eigenvalue weighted by molar-refractivity contribution is -0.383. The van der Waals surface area contributed by atoms with Gasteiger partial charge in [-0.15, -0.1) is 0 Å². The van der Waals surface area contributed by atoms with E-state index < -0.39 is 11.0 Å². The molecule has 1 heterocycles. The number of amides is 2. The van der Waals surface area contributed by atoms with E-state index in [1.165, 1.54) is 13.1 Å². The standard InChI is InChI=1S/C12H14N4O4/c1-13-7-4-3-5-8(11(7)16(19)20)14-9-6-10(17)15(2)12(9)18/h3-5,9,13-14H,6H2,1-2H3. The molecular formula is C12H14N4O4. The molecule has 1 aliphatic heterocycles. The summed E-state index contributed by atoms with van der Waals surface area (Å²) in [6.45, 7) is 0. The van der Waals surface area contributed by atoms with Crippen molar-refractivity contribution in [1.29, 1.82) is 0 Å². The van der Waals surface area contributed by atoms with E-state index in [0.29, 0.717) is 5.69 Å². The summed E-state index contributed by atoms with van der Waals surface area (Å²) in [6.07, 6.45) is -0.00370. The van der Waals surface area contributed by atoms with Gasteiger partial charge in [0, 0.05) is 14.1 Å². The molecule has 106 valence electrons. The largest absolute Gasteiger partial charge is 0.382 e. The van der Waals surface area contributed by atoms with Crippen molar-refractivity contribution in [3.63, 3.8) is 0 Å². The van der Waals surface area contributed by atoms with E-state index in [-0.39, 0.29) is 29.6 Å². The Morgan fingerprint density at radius 3 is 2.50 bits per heavy atom. The van der Waals surface area contributed by atoms with Gasteiger partial charge in [0.25, 0.3) is 5.91 Å². The number of hydrogen-bond donors (Lipinski definition) is 2. The number of nitro groups is 1. The van der Waals surface area contributed by atoms with Crippen LogP contribution in [0.5, 0.6) is 0 Å². The van der Waals surface area contributed by atoms with Crippen molar-refractivity contribution in [2.75, 3.05) is 24.7 Å². The lowest BCUT2D eigenvalue weighted by Gasteiger charge is -2.14. The first-order valence-electron chi connectivity index (χ1n) is 5.97. The van der Waals surface area contributed by atoms with Crippen LogP contribution in [-0.4, -0.2) is 41.8 Å². The summed E-state index contributed by atoms with van der Waals surface area (Å²) >= 11 is 0. The fourth-order valence-corrected chi connectivity index (χ4v) is 2.11. The number of nitrogens with zero attached hydrogens (tertiary/aromatic N) is 2. The first-order chi connectivity index (χ1) is 9.45. The molecule has 1 aromatic rings. The fraction of sp³-hybridized carbons (Fsp3) is 0.333. The van der Waals surface area contributed by atoms with E-state index >= 15 is 0 Å². The SMILES string of the molecule is CNc1cccc(NC2CC(=O)N(C)C2=O)c1[N+](=O)[O-]. The molecule has 20 heavy (non-hydrogen) atoms. The Morgan fingerprint density at radius 2 is 2.00 bits per heavy atom. The van der Waals surface area contributed by atoms with Crippen LogP contribution < -0.4 is 10.6 Å². The van der Waals surface area contributed by atoms with Gasteiger partial charge in [-0.3, -0.25) is 24.6 Å². The van der Waals surface area contributed by atoms with Gasteiger partial charge in [0.15, 0.2) is 0 Å². The minimum Gasteiger partial charge on any atom is -0.382 e.